The highest BCUT2D eigenvalue weighted by atomic mass is 79.9. The zero-order valence-corrected chi connectivity index (χ0v) is 13.3. The molecule has 17 heavy (non-hydrogen) atoms. The van der Waals surface area contributed by atoms with Gasteiger partial charge in [0.15, 0.2) is 0 Å². The molecule has 1 aromatic heterocycles. The van der Waals surface area contributed by atoms with Crippen LogP contribution in [0.4, 0.5) is 5.69 Å². The largest absolute Gasteiger partial charge is 0.384 e. The molecule has 5 heteroatoms. The minimum atomic E-state index is 0.915. The van der Waals surface area contributed by atoms with Gasteiger partial charge in [0.05, 0.1) is 11.2 Å². The Hall–Kier alpha value is -0.390. The molecule has 0 radical (unpaired) electrons. The lowest BCUT2D eigenvalue weighted by molar-refractivity contribution is 1.02. The summed E-state index contributed by atoms with van der Waals surface area (Å²) < 4.78 is 2.17. The van der Waals surface area contributed by atoms with Crippen LogP contribution in [0.5, 0.6) is 0 Å². The van der Waals surface area contributed by atoms with Gasteiger partial charge >= 0.3 is 0 Å². The smallest absolute Gasteiger partial charge is 0.0797 e. The van der Waals surface area contributed by atoms with Crippen LogP contribution in [0.3, 0.4) is 0 Å². The van der Waals surface area contributed by atoms with Gasteiger partial charge < -0.3 is 5.32 Å². The van der Waals surface area contributed by atoms with Gasteiger partial charge in [-0.05, 0) is 41.1 Å². The predicted molar refractivity (Wildman–Crippen MR) is 80.9 cm³/mol. The van der Waals surface area contributed by atoms with Crippen LogP contribution in [0, 0.1) is 6.92 Å². The van der Waals surface area contributed by atoms with Crippen LogP contribution >= 0.6 is 43.2 Å². The normalized spacial score (nSPS) is 10.5. The molecule has 0 atom stereocenters. The first kappa shape index (κ1) is 13.1. The molecular formula is C12H12Br2N2S. The molecule has 0 unspecified atom stereocenters. The number of aryl methyl sites for hydroxylation is 1. The fraction of sp³-hybridized carbons (Fsp3) is 0.250. The number of rotatable bonds is 4. The number of benzene rings is 1. The van der Waals surface area contributed by atoms with Crippen LogP contribution in [0.25, 0.3) is 0 Å². The molecule has 0 saturated carbocycles. The Bertz CT molecular complexity index is 511. The van der Waals surface area contributed by atoms with Crippen LogP contribution in [0.15, 0.2) is 32.7 Å². The monoisotopic (exact) mass is 374 g/mol. The Balaban J connectivity index is 1.94. The second-order valence-corrected chi connectivity index (χ2v) is 6.37. The van der Waals surface area contributed by atoms with E-state index in [1.165, 1.54) is 4.88 Å². The van der Waals surface area contributed by atoms with Crippen molar-refractivity contribution in [2.24, 2.45) is 0 Å². The molecule has 1 N–H and O–H groups in total. The lowest BCUT2D eigenvalue weighted by atomic mass is 10.3. The summed E-state index contributed by atoms with van der Waals surface area (Å²) in [4.78, 5) is 5.60. The van der Waals surface area contributed by atoms with Crippen molar-refractivity contribution in [3.63, 3.8) is 0 Å². The van der Waals surface area contributed by atoms with Gasteiger partial charge in [-0.2, -0.15) is 0 Å². The van der Waals surface area contributed by atoms with E-state index in [-0.39, 0.29) is 0 Å². The van der Waals surface area contributed by atoms with Crippen molar-refractivity contribution < 1.29 is 0 Å². The first-order valence-electron chi connectivity index (χ1n) is 5.24. The quantitative estimate of drug-likeness (QED) is 0.842. The summed E-state index contributed by atoms with van der Waals surface area (Å²) in [7, 11) is 0. The van der Waals surface area contributed by atoms with Crippen molar-refractivity contribution in [3.8, 4) is 0 Å². The molecule has 2 nitrogen and oxygen atoms in total. The molecule has 0 amide bonds. The van der Waals surface area contributed by atoms with E-state index >= 15 is 0 Å². The lowest BCUT2D eigenvalue weighted by Gasteiger charge is -2.08. The molecule has 2 rings (SSSR count). The number of aromatic nitrogens is 1. The van der Waals surface area contributed by atoms with Crippen LogP contribution in [-0.4, -0.2) is 11.5 Å². The van der Waals surface area contributed by atoms with Gasteiger partial charge in [0.2, 0.25) is 0 Å². The van der Waals surface area contributed by atoms with Gasteiger partial charge in [0.25, 0.3) is 0 Å². The predicted octanol–water partition coefficient (Wildman–Crippen LogP) is 4.63. The van der Waals surface area contributed by atoms with Crippen molar-refractivity contribution >= 4 is 48.9 Å². The molecule has 0 bridgehead atoms. The maximum Gasteiger partial charge on any atom is 0.0797 e. The first-order valence-corrected chi connectivity index (χ1v) is 7.71. The molecule has 90 valence electrons. The summed E-state index contributed by atoms with van der Waals surface area (Å²) in [5, 5.41) is 3.42. The SMILES string of the molecule is Cc1ncsc1CCNc1cc(Br)ccc1Br. The van der Waals surface area contributed by atoms with E-state index in [9.17, 15) is 0 Å². The van der Waals surface area contributed by atoms with E-state index in [1.54, 1.807) is 11.3 Å². The van der Waals surface area contributed by atoms with Gasteiger partial charge in [-0.25, -0.2) is 4.98 Å². The van der Waals surface area contributed by atoms with E-state index in [1.807, 2.05) is 17.6 Å². The van der Waals surface area contributed by atoms with Crippen molar-refractivity contribution in [3.05, 3.63) is 43.2 Å². The average Bonchev–Trinajstić information content (AvgIpc) is 2.70. The summed E-state index contributed by atoms with van der Waals surface area (Å²) in [5.41, 5.74) is 4.16. The van der Waals surface area contributed by atoms with Gasteiger partial charge in [-0.3, -0.25) is 0 Å². The van der Waals surface area contributed by atoms with Gasteiger partial charge in [-0.15, -0.1) is 11.3 Å². The fourth-order valence-corrected chi connectivity index (χ4v) is 3.04. The number of anilines is 1. The summed E-state index contributed by atoms with van der Waals surface area (Å²) in [6.45, 7) is 2.97. The number of nitrogens with one attached hydrogen (secondary N) is 1. The Morgan fingerprint density at radius 2 is 2.18 bits per heavy atom. The minimum Gasteiger partial charge on any atom is -0.384 e. The standard InChI is InChI=1S/C12H12Br2N2S/c1-8-12(17-7-16-8)4-5-15-11-6-9(13)2-3-10(11)14/h2-3,6-7,15H,4-5H2,1H3. The van der Waals surface area contributed by atoms with E-state index in [0.29, 0.717) is 0 Å². The lowest BCUT2D eigenvalue weighted by Crippen LogP contribution is -2.05. The molecule has 0 aliphatic rings. The topological polar surface area (TPSA) is 24.9 Å². The highest BCUT2D eigenvalue weighted by molar-refractivity contribution is 9.11. The van der Waals surface area contributed by atoms with Crippen molar-refractivity contribution in [1.82, 2.24) is 4.98 Å². The Labute approximate surface area is 122 Å². The summed E-state index contributed by atoms with van der Waals surface area (Å²) in [5.74, 6) is 0. The highest BCUT2D eigenvalue weighted by Gasteiger charge is 2.03. The first-order chi connectivity index (χ1) is 8.16. The molecule has 0 spiro atoms. The zero-order chi connectivity index (χ0) is 12.3. The molecule has 0 aliphatic carbocycles. The van der Waals surface area contributed by atoms with Gasteiger partial charge in [0.1, 0.15) is 0 Å². The molecule has 0 fully saturated rings. The summed E-state index contributed by atoms with van der Waals surface area (Å²) in [6.07, 6.45) is 1.01. The Kier molecular flexibility index (Phi) is 4.59. The Morgan fingerprint density at radius 1 is 1.35 bits per heavy atom. The van der Waals surface area contributed by atoms with Gasteiger partial charge in [0, 0.05) is 32.5 Å². The average molecular weight is 376 g/mol. The van der Waals surface area contributed by atoms with E-state index in [0.717, 1.165) is 33.3 Å². The van der Waals surface area contributed by atoms with E-state index in [2.05, 4.69) is 55.2 Å². The maximum atomic E-state index is 4.25. The van der Waals surface area contributed by atoms with Crippen LogP contribution in [-0.2, 0) is 6.42 Å². The highest BCUT2D eigenvalue weighted by Crippen LogP contribution is 2.26. The second kappa shape index (κ2) is 5.98. The minimum absolute atomic E-state index is 0.915. The Morgan fingerprint density at radius 3 is 2.88 bits per heavy atom. The third-order valence-corrected chi connectivity index (χ3v) is 4.62. The molecule has 1 aromatic carbocycles. The van der Waals surface area contributed by atoms with Crippen LogP contribution < -0.4 is 5.32 Å². The van der Waals surface area contributed by atoms with E-state index < -0.39 is 0 Å². The number of hydrogen-bond donors (Lipinski definition) is 1. The number of nitrogens with zero attached hydrogens (tertiary/aromatic N) is 1. The van der Waals surface area contributed by atoms with Crippen LogP contribution in [0.2, 0.25) is 0 Å². The van der Waals surface area contributed by atoms with Crippen molar-refractivity contribution in [1.29, 1.82) is 0 Å². The molecule has 0 saturated heterocycles. The molecule has 1 heterocycles. The number of halogens is 2. The third-order valence-electron chi connectivity index (χ3n) is 2.44. The molecule has 2 aromatic rings. The van der Waals surface area contributed by atoms with Gasteiger partial charge in [-0.1, -0.05) is 15.9 Å². The second-order valence-electron chi connectivity index (χ2n) is 3.66. The third kappa shape index (κ3) is 3.53. The summed E-state index contributed by atoms with van der Waals surface area (Å²) >= 11 is 8.72. The molecule has 0 aliphatic heterocycles. The van der Waals surface area contributed by atoms with Crippen molar-refractivity contribution in [2.75, 3.05) is 11.9 Å². The zero-order valence-electron chi connectivity index (χ0n) is 9.34. The summed E-state index contributed by atoms with van der Waals surface area (Å²) in [6, 6.07) is 6.12. The van der Waals surface area contributed by atoms with Crippen LogP contribution in [0.1, 0.15) is 10.6 Å². The number of hydrogen-bond acceptors (Lipinski definition) is 3. The number of thiazole rings is 1. The molecular weight excluding hydrogens is 364 g/mol. The van der Waals surface area contributed by atoms with E-state index in [4.69, 9.17) is 0 Å². The van der Waals surface area contributed by atoms with Crippen molar-refractivity contribution in [2.45, 2.75) is 13.3 Å². The fourth-order valence-electron chi connectivity index (χ4n) is 1.51. The maximum absolute atomic E-state index is 4.25.